The van der Waals surface area contributed by atoms with Crippen LogP contribution in [0.4, 0.5) is 0 Å². The van der Waals surface area contributed by atoms with E-state index in [2.05, 4.69) is 16.0 Å². The van der Waals surface area contributed by atoms with Gasteiger partial charge in [-0.2, -0.15) is 0 Å². The first kappa shape index (κ1) is 28.1. The Balaban J connectivity index is 2.85. The second-order valence-corrected chi connectivity index (χ2v) is 8.48. The first-order valence-electron chi connectivity index (χ1n) is 11.1. The van der Waals surface area contributed by atoms with Crippen molar-refractivity contribution in [1.29, 1.82) is 0 Å². The number of carboxylic acid groups (broad SMARTS) is 1. The lowest BCUT2D eigenvalue weighted by atomic mass is 9.96. The molecule has 1 aromatic rings. The van der Waals surface area contributed by atoms with Crippen LogP contribution in [0.15, 0.2) is 30.3 Å². The number of aliphatic carboxylic acids is 1. The maximum Gasteiger partial charge on any atom is 0.326 e. The summed E-state index contributed by atoms with van der Waals surface area (Å²) in [5.41, 5.74) is 6.78. The molecule has 3 amide bonds. The average Bonchev–Trinajstić information content (AvgIpc) is 2.78. The summed E-state index contributed by atoms with van der Waals surface area (Å²) in [5, 5.41) is 26.4. The monoisotopic (exact) mass is 464 g/mol. The molecule has 0 bridgehead atoms. The normalized spacial score (nSPS) is 15.6. The van der Waals surface area contributed by atoms with Crippen LogP contribution in [-0.4, -0.2) is 64.7 Å². The van der Waals surface area contributed by atoms with Crippen molar-refractivity contribution >= 4 is 23.7 Å². The third-order valence-electron chi connectivity index (χ3n) is 5.47. The molecule has 10 nitrogen and oxygen atoms in total. The number of nitrogens with two attached hydrogens (primary N) is 1. The van der Waals surface area contributed by atoms with Gasteiger partial charge in [0.2, 0.25) is 17.7 Å². The Labute approximate surface area is 194 Å². The van der Waals surface area contributed by atoms with Crippen molar-refractivity contribution in [2.75, 3.05) is 6.61 Å². The molecule has 10 heteroatoms. The molecule has 0 fully saturated rings. The second kappa shape index (κ2) is 13.5. The van der Waals surface area contributed by atoms with Gasteiger partial charge in [-0.15, -0.1) is 0 Å². The molecule has 5 atom stereocenters. The van der Waals surface area contributed by atoms with E-state index in [1.54, 1.807) is 20.8 Å². The van der Waals surface area contributed by atoms with Gasteiger partial charge in [-0.05, 0) is 23.8 Å². The number of hydrogen-bond donors (Lipinski definition) is 6. The average molecular weight is 465 g/mol. The van der Waals surface area contributed by atoms with E-state index < -0.39 is 54.5 Å². The van der Waals surface area contributed by atoms with Gasteiger partial charge in [0.05, 0.1) is 12.6 Å². The Hall–Kier alpha value is -2.98. The largest absolute Gasteiger partial charge is 0.480 e. The van der Waals surface area contributed by atoms with Crippen molar-refractivity contribution in [2.24, 2.45) is 17.6 Å². The molecule has 0 saturated carbocycles. The Kier molecular flexibility index (Phi) is 11.5. The summed E-state index contributed by atoms with van der Waals surface area (Å²) in [6.07, 6.45) is 0.770. The van der Waals surface area contributed by atoms with Crippen LogP contribution in [0.3, 0.4) is 0 Å². The summed E-state index contributed by atoms with van der Waals surface area (Å²) < 4.78 is 0. The lowest BCUT2D eigenvalue weighted by Crippen LogP contribution is -2.60. The molecular weight excluding hydrogens is 428 g/mol. The fourth-order valence-corrected chi connectivity index (χ4v) is 3.15. The molecule has 7 N–H and O–H groups in total. The number of aliphatic hydroxyl groups excluding tert-OH is 1. The van der Waals surface area contributed by atoms with Gasteiger partial charge in [0.15, 0.2) is 0 Å². The van der Waals surface area contributed by atoms with Gasteiger partial charge in [0, 0.05) is 0 Å². The van der Waals surface area contributed by atoms with E-state index in [0.717, 1.165) is 5.56 Å². The number of carbonyl (C=O) groups is 4. The smallest absolute Gasteiger partial charge is 0.326 e. The predicted octanol–water partition coefficient (Wildman–Crippen LogP) is -0.210. The van der Waals surface area contributed by atoms with Crippen LogP contribution in [0.25, 0.3) is 0 Å². The lowest BCUT2D eigenvalue weighted by molar-refractivity contribution is -0.144. The third kappa shape index (κ3) is 8.82. The van der Waals surface area contributed by atoms with Crippen LogP contribution >= 0.6 is 0 Å². The molecule has 0 heterocycles. The van der Waals surface area contributed by atoms with Gasteiger partial charge in [0.1, 0.15) is 18.1 Å². The fraction of sp³-hybridized carbons (Fsp3) is 0.565. The van der Waals surface area contributed by atoms with Crippen LogP contribution in [0.5, 0.6) is 0 Å². The minimum atomic E-state index is -1.32. The maximum atomic E-state index is 12.8. The molecule has 1 aromatic carbocycles. The Morgan fingerprint density at radius 3 is 1.97 bits per heavy atom. The van der Waals surface area contributed by atoms with Gasteiger partial charge in [-0.25, -0.2) is 4.79 Å². The summed E-state index contributed by atoms with van der Waals surface area (Å²) in [7, 11) is 0. The van der Waals surface area contributed by atoms with E-state index in [1.165, 1.54) is 0 Å². The van der Waals surface area contributed by atoms with Crippen LogP contribution in [0.1, 0.15) is 39.7 Å². The Morgan fingerprint density at radius 1 is 0.909 bits per heavy atom. The molecule has 0 aromatic heterocycles. The van der Waals surface area contributed by atoms with E-state index in [9.17, 15) is 29.4 Å². The summed E-state index contributed by atoms with van der Waals surface area (Å²) >= 11 is 0. The van der Waals surface area contributed by atoms with E-state index in [4.69, 9.17) is 5.73 Å². The Bertz CT molecular complexity index is 801. The first-order chi connectivity index (χ1) is 15.5. The number of aliphatic hydroxyl groups is 1. The number of rotatable bonds is 13. The fourth-order valence-electron chi connectivity index (χ4n) is 3.15. The van der Waals surface area contributed by atoms with E-state index in [-0.39, 0.29) is 18.3 Å². The second-order valence-electron chi connectivity index (χ2n) is 8.48. The summed E-state index contributed by atoms with van der Waals surface area (Å²) in [6.45, 7) is 6.17. The van der Waals surface area contributed by atoms with E-state index in [1.807, 2.05) is 37.3 Å². The van der Waals surface area contributed by atoms with Gasteiger partial charge in [0.25, 0.3) is 0 Å². The van der Waals surface area contributed by atoms with Crippen molar-refractivity contribution < 1.29 is 29.4 Å². The Morgan fingerprint density at radius 2 is 1.48 bits per heavy atom. The molecule has 0 aliphatic carbocycles. The molecule has 1 rings (SSSR count). The van der Waals surface area contributed by atoms with E-state index >= 15 is 0 Å². The van der Waals surface area contributed by atoms with Crippen LogP contribution in [0, 0.1) is 11.8 Å². The molecule has 0 aliphatic rings. The van der Waals surface area contributed by atoms with Gasteiger partial charge < -0.3 is 31.9 Å². The number of carbonyl (C=O) groups excluding carboxylic acids is 3. The molecule has 5 unspecified atom stereocenters. The number of carboxylic acids is 1. The highest BCUT2D eigenvalue weighted by molar-refractivity contribution is 5.94. The molecule has 0 saturated heterocycles. The quantitative estimate of drug-likeness (QED) is 0.234. The topological polar surface area (TPSA) is 171 Å². The van der Waals surface area contributed by atoms with Crippen LogP contribution in [0.2, 0.25) is 0 Å². The molecule has 184 valence electrons. The minimum Gasteiger partial charge on any atom is -0.480 e. The highest BCUT2D eigenvalue weighted by atomic mass is 16.4. The maximum absolute atomic E-state index is 12.8. The highest BCUT2D eigenvalue weighted by Crippen LogP contribution is 2.11. The van der Waals surface area contributed by atoms with Crippen molar-refractivity contribution in [3.05, 3.63) is 35.9 Å². The minimum absolute atomic E-state index is 0.246. The van der Waals surface area contributed by atoms with Crippen molar-refractivity contribution in [2.45, 2.75) is 64.7 Å². The number of amides is 3. The van der Waals surface area contributed by atoms with Crippen LogP contribution < -0.4 is 21.7 Å². The third-order valence-corrected chi connectivity index (χ3v) is 5.47. The molecule has 0 aliphatic heterocycles. The summed E-state index contributed by atoms with van der Waals surface area (Å²) in [5.74, 6) is -3.91. The summed E-state index contributed by atoms with van der Waals surface area (Å²) in [6, 6.07) is 4.68. The van der Waals surface area contributed by atoms with Crippen LogP contribution in [-0.2, 0) is 25.6 Å². The molecular formula is C23H36N4O6. The molecule has 0 spiro atoms. The number of nitrogens with one attached hydrogen (secondary N) is 3. The van der Waals surface area contributed by atoms with Crippen molar-refractivity contribution in [1.82, 2.24) is 16.0 Å². The van der Waals surface area contributed by atoms with E-state index in [0.29, 0.717) is 6.42 Å². The zero-order chi connectivity index (χ0) is 25.1. The molecule has 33 heavy (non-hydrogen) atoms. The van der Waals surface area contributed by atoms with Crippen molar-refractivity contribution in [3.63, 3.8) is 0 Å². The van der Waals surface area contributed by atoms with Gasteiger partial charge in [-0.1, -0.05) is 64.4 Å². The first-order valence-corrected chi connectivity index (χ1v) is 11.1. The zero-order valence-corrected chi connectivity index (χ0v) is 19.6. The molecule has 0 radical (unpaired) electrons. The SMILES string of the molecule is CCC(C)C(NC(=O)C(CO)NC(=O)C(N)Cc1ccccc1)C(=O)NC(C(=O)O)C(C)C. The van der Waals surface area contributed by atoms with Crippen molar-refractivity contribution in [3.8, 4) is 0 Å². The number of benzene rings is 1. The van der Waals surface area contributed by atoms with Gasteiger partial charge >= 0.3 is 5.97 Å². The lowest BCUT2D eigenvalue weighted by Gasteiger charge is -2.28. The number of hydrogen-bond acceptors (Lipinski definition) is 6. The zero-order valence-electron chi connectivity index (χ0n) is 19.6. The predicted molar refractivity (Wildman–Crippen MR) is 123 cm³/mol. The summed E-state index contributed by atoms with van der Waals surface area (Å²) in [4.78, 5) is 49.4. The standard InChI is InChI=1S/C23H36N4O6/c1-5-14(4)19(22(31)26-18(13(2)3)23(32)33)27-21(30)17(12-28)25-20(29)16(24)11-15-9-7-6-8-10-15/h6-10,13-14,16-19,28H,5,11-12,24H2,1-4H3,(H,25,29)(H,26,31)(H,27,30)(H,32,33). The van der Waals surface area contributed by atoms with Gasteiger partial charge in [-0.3, -0.25) is 14.4 Å². The highest BCUT2D eigenvalue weighted by Gasteiger charge is 2.33.